The summed E-state index contributed by atoms with van der Waals surface area (Å²) in [5, 5.41) is 4.10. The first-order valence-corrected chi connectivity index (χ1v) is 8.12. The van der Waals surface area contributed by atoms with Crippen molar-refractivity contribution in [1.29, 1.82) is 0 Å². The average Bonchev–Trinajstić information content (AvgIpc) is 2.70. The molecule has 1 N–H and O–H groups in total. The smallest absolute Gasteiger partial charge is 0.161 e. The lowest BCUT2D eigenvalue weighted by molar-refractivity contribution is 0.630. The summed E-state index contributed by atoms with van der Waals surface area (Å²) in [4.78, 5) is 4.71. The van der Waals surface area contributed by atoms with Crippen molar-refractivity contribution in [2.45, 2.75) is 39.0 Å². The number of rotatable bonds is 2. The molecular weight excluding hydrogens is 310 g/mol. The third-order valence-corrected chi connectivity index (χ3v) is 4.62. The standard InChI is InChI=1S/C16H17Cl2FN2/c1-2-20-16-9-6-4-3-5-7-11(9)21-12-8-10(17)15(19)14(18)13(12)16/h8H,2-7H2,1H3,(H,20,21). The van der Waals surface area contributed by atoms with Crippen LogP contribution >= 0.6 is 23.2 Å². The highest BCUT2D eigenvalue weighted by Gasteiger charge is 2.21. The molecule has 3 rings (SSSR count). The molecule has 1 aromatic carbocycles. The van der Waals surface area contributed by atoms with Crippen LogP contribution in [0.5, 0.6) is 0 Å². The molecule has 21 heavy (non-hydrogen) atoms. The number of aromatic nitrogens is 1. The Balaban J connectivity index is 2.37. The lowest BCUT2D eigenvalue weighted by Gasteiger charge is -2.18. The van der Waals surface area contributed by atoms with Crippen molar-refractivity contribution in [1.82, 2.24) is 4.98 Å². The van der Waals surface area contributed by atoms with Gasteiger partial charge in [-0.05, 0) is 44.2 Å². The molecule has 2 aromatic rings. The molecule has 0 amide bonds. The first-order valence-electron chi connectivity index (χ1n) is 7.36. The van der Waals surface area contributed by atoms with Gasteiger partial charge in [-0.3, -0.25) is 4.98 Å². The molecule has 0 saturated heterocycles. The number of halogens is 3. The maximum atomic E-state index is 14.1. The number of hydrogen-bond acceptors (Lipinski definition) is 2. The van der Waals surface area contributed by atoms with E-state index < -0.39 is 5.82 Å². The van der Waals surface area contributed by atoms with E-state index in [0.717, 1.165) is 43.6 Å². The maximum Gasteiger partial charge on any atom is 0.161 e. The number of hydrogen-bond donors (Lipinski definition) is 1. The topological polar surface area (TPSA) is 24.9 Å². The van der Waals surface area contributed by atoms with Gasteiger partial charge < -0.3 is 5.32 Å². The molecule has 1 heterocycles. The van der Waals surface area contributed by atoms with E-state index in [1.807, 2.05) is 6.92 Å². The molecule has 1 aliphatic carbocycles. The first-order chi connectivity index (χ1) is 10.1. The lowest BCUT2D eigenvalue weighted by atomic mass is 10.0. The second kappa shape index (κ2) is 5.98. The molecule has 0 radical (unpaired) electrons. The Labute approximate surface area is 133 Å². The van der Waals surface area contributed by atoms with Gasteiger partial charge in [0.2, 0.25) is 0 Å². The molecule has 0 saturated carbocycles. The van der Waals surface area contributed by atoms with Gasteiger partial charge in [-0.2, -0.15) is 0 Å². The normalized spacial score (nSPS) is 14.9. The van der Waals surface area contributed by atoms with Crippen molar-refractivity contribution >= 4 is 39.8 Å². The molecule has 0 spiro atoms. The van der Waals surface area contributed by atoms with Crippen LogP contribution in [0.3, 0.4) is 0 Å². The molecule has 0 atom stereocenters. The molecule has 0 bridgehead atoms. The number of nitrogens with one attached hydrogen (secondary N) is 1. The van der Waals surface area contributed by atoms with Crippen LogP contribution in [0.15, 0.2) is 6.07 Å². The Hall–Kier alpha value is -1.06. The van der Waals surface area contributed by atoms with Gasteiger partial charge in [0.1, 0.15) is 0 Å². The van der Waals surface area contributed by atoms with Crippen LogP contribution in [0.1, 0.15) is 37.4 Å². The third kappa shape index (κ3) is 2.58. The van der Waals surface area contributed by atoms with E-state index in [-0.39, 0.29) is 10.0 Å². The Bertz CT molecular complexity index is 701. The Morgan fingerprint density at radius 3 is 2.76 bits per heavy atom. The average molecular weight is 327 g/mol. The molecule has 5 heteroatoms. The second-order valence-corrected chi connectivity index (χ2v) is 6.17. The predicted octanol–water partition coefficient (Wildman–Crippen LogP) is 5.38. The summed E-state index contributed by atoms with van der Waals surface area (Å²) in [6, 6.07) is 1.57. The van der Waals surface area contributed by atoms with Gasteiger partial charge in [0.05, 0.1) is 21.2 Å². The minimum Gasteiger partial charge on any atom is -0.384 e. The van der Waals surface area contributed by atoms with Gasteiger partial charge in [-0.15, -0.1) is 0 Å². The fraction of sp³-hybridized carbons (Fsp3) is 0.438. The molecule has 0 aliphatic heterocycles. The highest BCUT2D eigenvalue weighted by atomic mass is 35.5. The zero-order valence-corrected chi connectivity index (χ0v) is 13.4. The summed E-state index contributed by atoms with van der Waals surface area (Å²) in [6.07, 6.45) is 5.38. The van der Waals surface area contributed by atoms with Gasteiger partial charge >= 0.3 is 0 Å². The van der Waals surface area contributed by atoms with E-state index in [9.17, 15) is 4.39 Å². The number of aryl methyl sites for hydroxylation is 1. The second-order valence-electron chi connectivity index (χ2n) is 5.38. The number of nitrogens with zero attached hydrogens (tertiary/aromatic N) is 1. The van der Waals surface area contributed by atoms with Gasteiger partial charge in [0.15, 0.2) is 5.82 Å². The minimum absolute atomic E-state index is 0.0241. The Morgan fingerprint density at radius 2 is 2.00 bits per heavy atom. The van der Waals surface area contributed by atoms with Gasteiger partial charge in [-0.1, -0.05) is 29.6 Å². The van der Waals surface area contributed by atoms with Crippen LogP contribution < -0.4 is 5.32 Å². The van der Waals surface area contributed by atoms with E-state index in [1.165, 1.54) is 12.0 Å². The van der Waals surface area contributed by atoms with E-state index in [0.29, 0.717) is 10.9 Å². The van der Waals surface area contributed by atoms with Crippen molar-refractivity contribution in [3.8, 4) is 0 Å². The van der Waals surface area contributed by atoms with Crippen molar-refractivity contribution < 1.29 is 4.39 Å². The van der Waals surface area contributed by atoms with Crippen LogP contribution in [0.25, 0.3) is 10.9 Å². The van der Waals surface area contributed by atoms with Crippen LogP contribution in [0.4, 0.5) is 10.1 Å². The van der Waals surface area contributed by atoms with Crippen molar-refractivity contribution in [3.63, 3.8) is 0 Å². The summed E-state index contributed by atoms with van der Waals surface area (Å²) in [5.41, 5.74) is 3.88. The zero-order valence-electron chi connectivity index (χ0n) is 11.9. The van der Waals surface area contributed by atoms with Gasteiger partial charge in [0.25, 0.3) is 0 Å². The van der Waals surface area contributed by atoms with Crippen LogP contribution in [0.2, 0.25) is 10.0 Å². The quantitative estimate of drug-likeness (QED) is 0.591. The highest BCUT2D eigenvalue weighted by Crippen LogP contribution is 2.39. The summed E-state index contributed by atoms with van der Waals surface area (Å²) < 4.78 is 14.1. The van der Waals surface area contributed by atoms with Crippen molar-refractivity contribution in [2.24, 2.45) is 0 Å². The molecule has 1 aromatic heterocycles. The molecule has 1 aliphatic rings. The maximum absolute atomic E-state index is 14.1. The molecular formula is C16H17Cl2FN2. The number of fused-ring (bicyclic) bond motifs is 2. The summed E-state index contributed by atoms with van der Waals surface area (Å²) in [5.74, 6) is -0.569. The number of anilines is 1. The third-order valence-electron chi connectivity index (χ3n) is 3.99. The lowest BCUT2D eigenvalue weighted by Crippen LogP contribution is -2.07. The molecule has 112 valence electrons. The van der Waals surface area contributed by atoms with Gasteiger partial charge in [-0.25, -0.2) is 4.39 Å². The Kier molecular flexibility index (Phi) is 4.23. The molecule has 0 fully saturated rings. The largest absolute Gasteiger partial charge is 0.384 e. The fourth-order valence-electron chi connectivity index (χ4n) is 3.04. The first kappa shape index (κ1) is 14.9. The highest BCUT2D eigenvalue weighted by molar-refractivity contribution is 6.39. The van der Waals surface area contributed by atoms with Gasteiger partial charge in [0, 0.05) is 17.6 Å². The van der Waals surface area contributed by atoms with Crippen LogP contribution in [0, 0.1) is 5.82 Å². The molecule has 0 unspecified atom stereocenters. The van der Waals surface area contributed by atoms with E-state index in [1.54, 1.807) is 6.07 Å². The van der Waals surface area contributed by atoms with Crippen molar-refractivity contribution in [2.75, 3.05) is 11.9 Å². The SMILES string of the molecule is CCNc1c2c(nc3cc(Cl)c(F)c(Cl)c13)CCCCC2. The Morgan fingerprint density at radius 1 is 1.24 bits per heavy atom. The van der Waals surface area contributed by atoms with E-state index >= 15 is 0 Å². The predicted molar refractivity (Wildman–Crippen MR) is 87.1 cm³/mol. The summed E-state index contributed by atoms with van der Waals surface area (Å²) in [6.45, 7) is 2.78. The minimum atomic E-state index is -0.569. The van der Waals surface area contributed by atoms with Crippen LogP contribution in [-0.2, 0) is 12.8 Å². The zero-order chi connectivity index (χ0) is 15.0. The number of benzene rings is 1. The van der Waals surface area contributed by atoms with Crippen LogP contribution in [-0.4, -0.2) is 11.5 Å². The number of pyridine rings is 1. The van der Waals surface area contributed by atoms with Crippen molar-refractivity contribution in [3.05, 3.63) is 33.2 Å². The molecule has 2 nitrogen and oxygen atoms in total. The monoisotopic (exact) mass is 326 g/mol. The summed E-state index contributed by atoms with van der Waals surface area (Å²) >= 11 is 12.1. The van der Waals surface area contributed by atoms with E-state index in [2.05, 4.69) is 5.32 Å². The van der Waals surface area contributed by atoms with E-state index in [4.69, 9.17) is 28.2 Å². The summed E-state index contributed by atoms with van der Waals surface area (Å²) in [7, 11) is 0. The fourth-order valence-corrected chi connectivity index (χ4v) is 3.57.